The second kappa shape index (κ2) is 9.19. The van der Waals surface area contributed by atoms with Crippen LogP contribution in [0.15, 0.2) is 29.4 Å². The molecule has 7 heteroatoms. The van der Waals surface area contributed by atoms with Crippen molar-refractivity contribution >= 4 is 34.4 Å². The van der Waals surface area contributed by atoms with Gasteiger partial charge in [0.05, 0.1) is 17.4 Å². The van der Waals surface area contributed by atoms with Gasteiger partial charge in [-0.25, -0.2) is 9.97 Å². The monoisotopic (exact) mass is 374 g/mol. The normalized spacial score (nSPS) is 18.0. The number of benzene rings is 1. The first-order valence-electron chi connectivity index (χ1n) is 9.20. The number of nitrogens with zero attached hydrogens (tertiary/aromatic N) is 2. The fourth-order valence-corrected chi connectivity index (χ4v) is 3.48. The average Bonchev–Trinajstić information content (AvgIpc) is 3.18. The Bertz CT molecular complexity index is 749. The molecule has 140 valence electrons. The van der Waals surface area contributed by atoms with Crippen LogP contribution >= 0.6 is 11.8 Å². The van der Waals surface area contributed by atoms with Crippen LogP contribution in [0.4, 0.5) is 5.82 Å². The Morgan fingerprint density at radius 1 is 1.38 bits per heavy atom. The minimum absolute atomic E-state index is 0.00923. The minimum Gasteiger partial charge on any atom is -0.376 e. The Labute approximate surface area is 158 Å². The molecule has 1 fully saturated rings. The van der Waals surface area contributed by atoms with Gasteiger partial charge in [-0.05, 0) is 38.3 Å². The van der Waals surface area contributed by atoms with Gasteiger partial charge in [0, 0.05) is 24.6 Å². The predicted octanol–water partition coefficient (Wildman–Crippen LogP) is 3.23. The fraction of sp³-hybridized carbons (Fsp3) is 0.526. The Balaban J connectivity index is 1.70. The Hall–Kier alpha value is -1.86. The van der Waals surface area contributed by atoms with Crippen molar-refractivity contribution in [3.8, 4) is 0 Å². The molecule has 2 N–H and O–H groups in total. The van der Waals surface area contributed by atoms with Crippen LogP contribution < -0.4 is 10.6 Å². The van der Waals surface area contributed by atoms with Crippen molar-refractivity contribution in [3.63, 3.8) is 0 Å². The third kappa shape index (κ3) is 5.08. The topological polar surface area (TPSA) is 76.1 Å². The first-order chi connectivity index (χ1) is 12.7. The number of nitrogens with one attached hydrogen (secondary N) is 2. The van der Waals surface area contributed by atoms with Gasteiger partial charge in [-0.2, -0.15) is 0 Å². The summed E-state index contributed by atoms with van der Waals surface area (Å²) in [6.45, 7) is 5.63. The fourth-order valence-electron chi connectivity index (χ4n) is 2.82. The van der Waals surface area contributed by atoms with Crippen LogP contribution in [0, 0.1) is 0 Å². The quantitative estimate of drug-likeness (QED) is 0.546. The van der Waals surface area contributed by atoms with Crippen LogP contribution in [-0.2, 0) is 9.53 Å². The van der Waals surface area contributed by atoms with E-state index in [-0.39, 0.29) is 18.1 Å². The molecular formula is C19H26N4O2S. The summed E-state index contributed by atoms with van der Waals surface area (Å²) in [5.41, 5.74) is 0.877. The maximum atomic E-state index is 12.0. The smallest absolute Gasteiger partial charge is 0.230 e. The zero-order chi connectivity index (χ0) is 18.4. The molecule has 3 rings (SSSR count). The number of hydrogen-bond acceptors (Lipinski definition) is 6. The molecule has 0 saturated carbocycles. The van der Waals surface area contributed by atoms with E-state index in [2.05, 4.69) is 27.5 Å². The summed E-state index contributed by atoms with van der Waals surface area (Å²) in [6, 6.07) is 8.11. The highest BCUT2D eigenvalue weighted by Crippen LogP contribution is 2.25. The molecule has 0 bridgehead atoms. The zero-order valence-electron chi connectivity index (χ0n) is 15.3. The van der Waals surface area contributed by atoms with E-state index in [9.17, 15) is 4.79 Å². The standard InChI is InChI=1S/C19H26N4O2S/c1-3-13(2)21-17(24)12-26-19-22-16-9-5-4-8-15(16)18(23-19)20-11-14-7-6-10-25-14/h4-5,8-9,13-14H,3,6-7,10-12H2,1-2H3,(H,21,24)(H,20,22,23). The number of anilines is 1. The van der Waals surface area contributed by atoms with Gasteiger partial charge in [0.2, 0.25) is 5.91 Å². The molecule has 26 heavy (non-hydrogen) atoms. The van der Waals surface area contributed by atoms with Gasteiger partial charge in [-0.1, -0.05) is 30.8 Å². The molecule has 2 atom stereocenters. The van der Waals surface area contributed by atoms with Crippen molar-refractivity contribution < 1.29 is 9.53 Å². The highest BCUT2D eigenvalue weighted by atomic mass is 32.2. The van der Waals surface area contributed by atoms with E-state index >= 15 is 0 Å². The van der Waals surface area contributed by atoms with E-state index in [4.69, 9.17) is 4.74 Å². The molecule has 0 spiro atoms. The van der Waals surface area contributed by atoms with Crippen molar-refractivity contribution in [1.82, 2.24) is 15.3 Å². The van der Waals surface area contributed by atoms with Crippen molar-refractivity contribution in [2.24, 2.45) is 0 Å². The van der Waals surface area contributed by atoms with Crippen molar-refractivity contribution in [3.05, 3.63) is 24.3 Å². The van der Waals surface area contributed by atoms with Crippen LogP contribution in [0.1, 0.15) is 33.1 Å². The van der Waals surface area contributed by atoms with Gasteiger partial charge in [0.15, 0.2) is 5.16 Å². The maximum Gasteiger partial charge on any atom is 0.230 e. The van der Waals surface area contributed by atoms with Crippen LogP contribution in [0.25, 0.3) is 10.9 Å². The van der Waals surface area contributed by atoms with Gasteiger partial charge in [-0.15, -0.1) is 0 Å². The molecule has 2 unspecified atom stereocenters. The molecule has 1 amide bonds. The number of carbonyl (C=O) groups excluding carboxylic acids is 1. The third-order valence-corrected chi connectivity index (χ3v) is 5.30. The van der Waals surface area contributed by atoms with Crippen LogP contribution in [0.5, 0.6) is 0 Å². The molecule has 2 aromatic rings. The number of aromatic nitrogens is 2. The summed E-state index contributed by atoms with van der Waals surface area (Å²) >= 11 is 1.36. The molecule has 0 aliphatic carbocycles. The molecule has 1 aliphatic rings. The lowest BCUT2D eigenvalue weighted by atomic mass is 10.2. The number of hydrogen-bond donors (Lipinski definition) is 2. The highest BCUT2D eigenvalue weighted by molar-refractivity contribution is 7.99. The zero-order valence-corrected chi connectivity index (χ0v) is 16.1. The maximum absolute atomic E-state index is 12.0. The molecule has 1 saturated heterocycles. The van der Waals surface area contributed by atoms with Gasteiger partial charge >= 0.3 is 0 Å². The van der Waals surface area contributed by atoms with E-state index in [1.165, 1.54) is 11.8 Å². The average molecular weight is 375 g/mol. The number of rotatable bonds is 8. The van der Waals surface area contributed by atoms with Crippen LogP contribution in [-0.4, -0.2) is 46.9 Å². The Morgan fingerprint density at radius 3 is 3.00 bits per heavy atom. The van der Waals surface area contributed by atoms with Gasteiger partial charge in [-0.3, -0.25) is 4.79 Å². The first kappa shape index (κ1) is 18.9. The van der Waals surface area contributed by atoms with Gasteiger partial charge in [0.1, 0.15) is 5.82 Å². The SMILES string of the molecule is CCC(C)NC(=O)CSc1nc(NCC2CCCO2)c2ccccc2n1. The van der Waals surface area contributed by atoms with E-state index in [1.807, 2.05) is 31.2 Å². The molecule has 1 aliphatic heterocycles. The van der Waals surface area contributed by atoms with Crippen LogP contribution in [0.3, 0.4) is 0 Å². The second-order valence-electron chi connectivity index (χ2n) is 6.55. The van der Waals surface area contributed by atoms with E-state index < -0.39 is 0 Å². The molecule has 1 aromatic heterocycles. The molecule has 2 heterocycles. The summed E-state index contributed by atoms with van der Waals surface area (Å²) in [5, 5.41) is 7.97. The number of ether oxygens (including phenoxy) is 1. The largest absolute Gasteiger partial charge is 0.376 e. The Morgan fingerprint density at radius 2 is 2.23 bits per heavy atom. The summed E-state index contributed by atoms with van der Waals surface area (Å²) in [6.07, 6.45) is 3.35. The second-order valence-corrected chi connectivity index (χ2v) is 7.50. The lowest BCUT2D eigenvalue weighted by Gasteiger charge is -2.14. The minimum atomic E-state index is 0.00923. The predicted molar refractivity (Wildman–Crippen MR) is 106 cm³/mol. The van der Waals surface area contributed by atoms with Crippen molar-refractivity contribution in [2.75, 3.05) is 24.2 Å². The molecule has 0 radical (unpaired) electrons. The van der Waals surface area contributed by atoms with Crippen LogP contribution in [0.2, 0.25) is 0 Å². The summed E-state index contributed by atoms with van der Waals surface area (Å²) in [5.74, 6) is 1.12. The molecule has 1 aromatic carbocycles. The lowest BCUT2D eigenvalue weighted by Crippen LogP contribution is -2.33. The van der Waals surface area contributed by atoms with E-state index in [1.54, 1.807) is 0 Å². The number of para-hydroxylation sites is 1. The summed E-state index contributed by atoms with van der Waals surface area (Å²) < 4.78 is 5.68. The summed E-state index contributed by atoms with van der Waals surface area (Å²) in [4.78, 5) is 21.2. The number of carbonyl (C=O) groups is 1. The number of thioether (sulfide) groups is 1. The van der Waals surface area contributed by atoms with Gasteiger partial charge in [0.25, 0.3) is 0 Å². The van der Waals surface area contributed by atoms with Gasteiger partial charge < -0.3 is 15.4 Å². The number of fused-ring (bicyclic) bond motifs is 1. The Kier molecular flexibility index (Phi) is 6.68. The molecular weight excluding hydrogens is 348 g/mol. The van der Waals surface area contributed by atoms with E-state index in [0.29, 0.717) is 10.9 Å². The number of amides is 1. The first-order valence-corrected chi connectivity index (χ1v) is 10.2. The summed E-state index contributed by atoms with van der Waals surface area (Å²) in [7, 11) is 0. The van der Waals surface area contributed by atoms with E-state index in [0.717, 1.165) is 49.1 Å². The molecule has 6 nitrogen and oxygen atoms in total. The highest BCUT2D eigenvalue weighted by Gasteiger charge is 2.16. The third-order valence-electron chi connectivity index (χ3n) is 4.46. The lowest BCUT2D eigenvalue weighted by molar-refractivity contribution is -0.119. The van der Waals surface area contributed by atoms with Crippen molar-refractivity contribution in [1.29, 1.82) is 0 Å². The van der Waals surface area contributed by atoms with Crippen molar-refractivity contribution in [2.45, 2.75) is 50.4 Å².